The molecule has 11 heavy (non-hydrogen) atoms. The minimum Gasteiger partial charge on any atom is -0.390 e. The maximum atomic E-state index is 9.49. The quantitative estimate of drug-likeness (QED) is 0.601. The van der Waals surface area contributed by atoms with Gasteiger partial charge in [0.25, 0.3) is 0 Å². The highest BCUT2D eigenvalue weighted by Gasteiger charge is 2.30. The van der Waals surface area contributed by atoms with Crippen LogP contribution in [0.3, 0.4) is 0 Å². The van der Waals surface area contributed by atoms with Gasteiger partial charge in [0.15, 0.2) is 0 Å². The molecule has 3 N–H and O–H groups in total. The van der Waals surface area contributed by atoms with E-state index in [2.05, 4.69) is 0 Å². The lowest BCUT2D eigenvalue weighted by Crippen LogP contribution is -2.42. The molecule has 1 aliphatic rings. The molecule has 0 heterocycles. The Bertz CT molecular complexity index is 119. The SMILES string of the molecule is COC1C(O)CCCC1CN. The van der Waals surface area contributed by atoms with Gasteiger partial charge in [-0.05, 0) is 25.3 Å². The Labute approximate surface area is 67.5 Å². The second kappa shape index (κ2) is 4.04. The lowest BCUT2D eigenvalue weighted by Gasteiger charge is -2.33. The zero-order valence-electron chi connectivity index (χ0n) is 6.99. The molecule has 0 aliphatic heterocycles. The largest absolute Gasteiger partial charge is 0.390 e. The van der Waals surface area contributed by atoms with Crippen molar-refractivity contribution in [2.45, 2.75) is 31.5 Å². The predicted molar refractivity (Wildman–Crippen MR) is 43.2 cm³/mol. The molecule has 0 bridgehead atoms. The van der Waals surface area contributed by atoms with E-state index in [0.29, 0.717) is 12.5 Å². The van der Waals surface area contributed by atoms with Gasteiger partial charge in [-0.1, -0.05) is 6.42 Å². The zero-order chi connectivity index (χ0) is 8.27. The number of hydrogen-bond acceptors (Lipinski definition) is 3. The standard InChI is InChI=1S/C8H17NO2/c1-11-8-6(5-9)3-2-4-7(8)10/h6-8,10H,2-5,9H2,1H3. The summed E-state index contributed by atoms with van der Waals surface area (Å²) >= 11 is 0. The predicted octanol–water partition coefficient (Wildman–Crippen LogP) is 0.121. The summed E-state index contributed by atoms with van der Waals surface area (Å²) in [4.78, 5) is 0. The van der Waals surface area contributed by atoms with E-state index in [1.54, 1.807) is 7.11 Å². The number of aliphatic hydroxyl groups excluding tert-OH is 1. The number of aliphatic hydroxyl groups is 1. The smallest absolute Gasteiger partial charge is 0.0870 e. The van der Waals surface area contributed by atoms with Gasteiger partial charge >= 0.3 is 0 Å². The fourth-order valence-corrected chi connectivity index (χ4v) is 1.83. The van der Waals surface area contributed by atoms with Crippen molar-refractivity contribution in [3.05, 3.63) is 0 Å². The molecular formula is C8H17NO2. The third kappa shape index (κ3) is 1.92. The van der Waals surface area contributed by atoms with Crippen LogP contribution in [0.4, 0.5) is 0 Å². The van der Waals surface area contributed by atoms with E-state index in [1.807, 2.05) is 0 Å². The summed E-state index contributed by atoms with van der Waals surface area (Å²) in [6, 6.07) is 0. The van der Waals surface area contributed by atoms with Crippen LogP contribution in [0.1, 0.15) is 19.3 Å². The molecule has 1 saturated carbocycles. The normalized spacial score (nSPS) is 39.0. The van der Waals surface area contributed by atoms with Crippen molar-refractivity contribution in [1.29, 1.82) is 0 Å². The highest BCUT2D eigenvalue weighted by atomic mass is 16.5. The first-order valence-corrected chi connectivity index (χ1v) is 4.20. The summed E-state index contributed by atoms with van der Waals surface area (Å²) < 4.78 is 5.18. The molecule has 1 aliphatic carbocycles. The minimum absolute atomic E-state index is 0.0336. The van der Waals surface area contributed by atoms with E-state index in [-0.39, 0.29) is 12.2 Å². The molecule has 1 rings (SSSR count). The van der Waals surface area contributed by atoms with Gasteiger partial charge in [0.1, 0.15) is 0 Å². The Hall–Kier alpha value is -0.120. The van der Waals surface area contributed by atoms with Crippen molar-refractivity contribution in [1.82, 2.24) is 0 Å². The van der Waals surface area contributed by atoms with Crippen LogP contribution in [0, 0.1) is 5.92 Å². The molecule has 3 nitrogen and oxygen atoms in total. The highest BCUT2D eigenvalue weighted by Crippen LogP contribution is 2.25. The van der Waals surface area contributed by atoms with Crippen LogP contribution in [-0.4, -0.2) is 31.0 Å². The van der Waals surface area contributed by atoms with Gasteiger partial charge in [0.05, 0.1) is 12.2 Å². The van der Waals surface area contributed by atoms with Crippen LogP contribution in [0.2, 0.25) is 0 Å². The number of rotatable bonds is 2. The first-order valence-electron chi connectivity index (χ1n) is 4.20. The molecule has 0 radical (unpaired) electrons. The van der Waals surface area contributed by atoms with E-state index in [9.17, 15) is 5.11 Å². The third-order valence-corrected chi connectivity index (χ3v) is 2.49. The number of methoxy groups -OCH3 is 1. The second-order valence-corrected chi connectivity index (χ2v) is 3.19. The summed E-state index contributed by atoms with van der Waals surface area (Å²) in [5, 5.41) is 9.49. The van der Waals surface area contributed by atoms with Gasteiger partial charge < -0.3 is 15.6 Å². The van der Waals surface area contributed by atoms with Crippen molar-refractivity contribution in [3.63, 3.8) is 0 Å². The van der Waals surface area contributed by atoms with Gasteiger partial charge in [-0.25, -0.2) is 0 Å². The molecule has 0 spiro atoms. The monoisotopic (exact) mass is 159 g/mol. The molecule has 0 aromatic rings. The Kier molecular flexibility index (Phi) is 3.30. The van der Waals surface area contributed by atoms with Crippen molar-refractivity contribution in [2.24, 2.45) is 11.7 Å². The highest BCUT2D eigenvalue weighted by molar-refractivity contribution is 4.82. The molecule has 0 aromatic heterocycles. The molecule has 0 saturated heterocycles. The Morgan fingerprint density at radius 3 is 2.73 bits per heavy atom. The number of hydrogen-bond donors (Lipinski definition) is 2. The maximum Gasteiger partial charge on any atom is 0.0870 e. The molecule has 0 amide bonds. The van der Waals surface area contributed by atoms with E-state index < -0.39 is 0 Å². The van der Waals surface area contributed by atoms with Gasteiger partial charge in [-0.15, -0.1) is 0 Å². The van der Waals surface area contributed by atoms with Crippen LogP contribution >= 0.6 is 0 Å². The molecule has 66 valence electrons. The fraction of sp³-hybridized carbons (Fsp3) is 1.00. The molecule has 3 unspecified atom stereocenters. The third-order valence-electron chi connectivity index (χ3n) is 2.49. The van der Waals surface area contributed by atoms with E-state index in [1.165, 1.54) is 0 Å². The molecular weight excluding hydrogens is 142 g/mol. The number of nitrogens with two attached hydrogens (primary N) is 1. The molecule has 3 heteroatoms. The van der Waals surface area contributed by atoms with E-state index in [0.717, 1.165) is 19.3 Å². The summed E-state index contributed by atoms with van der Waals surface area (Å²) in [7, 11) is 1.64. The first-order chi connectivity index (χ1) is 5.29. The molecule has 3 atom stereocenters. The molecule has 0 aromatic carbocycles. The maximum absolute atomic E-state index is 9.49. The minimum atomic E-state index is -0.303. The van der Waals surface area contributed by atoms with Crippen LogP contribution in [-0.2, 0) is 4.74 Å². The van der Waals surface area contributed by atoms with Gasteiger partial charge in [0, 0.05) is 7.11 Å². The zero-order valence-corrected chi connectivity index (χ0v) is 6.99. The van der Waals surface area contributed by atoms with Crippen LogP contribution in [0.5, 0.6) is 0 Å². The van der Waals surface area contributed by atoms with Crippen molar-refractivity contribution < 1.29 is 9.84 Å². The van der Waals surface area contributed by atoms with Crippen LogP contribution in [0.25, 0.3) is 0 Å². The summed E-state index contributed by atoms with van der Waals surface area (Å²) in [5.41, 5.74) is 5.54. The van der Waals surface area contributed by atoms with Gasteiger partial charge in [0.2, 0.25) is 0 Å². The second-order valence-electron chi connectivity index (χ2n) is 3.19. The van der Waals surface area contributed by atoms with Crippen LogP contribution < -0.4 is 5.73 Å². The summed E-state index contributed by atoms with van der Waals surface area (Å²) in [6.45, 7) is 0.621. The lowest BCUT2D eigenvalue weighted by molar-refractivity contribution is -0.0666. The summed E-state index contributed by atoms with van der Waals surface area (Å²) in [6.07, 6.45) is 2.68. The first kappa shape index (κ1) is 8.97. The fourth-order valence-electron chi connectivity index (χ4n) is 1.83. The number of ether oxygens (including phenoxy) is 1. The molecule has 1 fully saturated rings. The Morgan fingerprint density at radius 2 is 2.27 bits per heavy atom. The van der Waals surface area contributed by atoms with E-state index >= 15 is 0 Å². The van der Waals surface area contributed by atoms with Crippen molar-refractivity contribution in [3.8, 4) is 0 Å². The topological polar surface area (TPSA) is 55.5 Å². The van der Waals surface area contributed by atoms with Gasteiger partial charge in [-0.2, -0.15) is 0 Å². The van der Waals surface area contributed by atoms with Gasteiger partial charge in [-0.3, -0.25) is 0 Å². The Balaban J connectivity index is 2.48. The van der Waals surface area contributed by atoms with Crippen molar-refractivity contribution >= 4 is 0 Å². The lowest BCUT2D eigenvalue weighted by atomic mass is 9.84. The Morgan fingerprint density at radius 1 is 1.55 bits per heavy atom. The van der Waals surface area contributed by atoms with Crippen LogP contribution in [0.15, 0.2) is 0 Å². The average Bonchev–Trinajstić information content (AvgIpc) is 2.04. The van der Waals surface area contributed by atoms with Crippen molar-refractivity contribution in [2.75, 3.05) is 13.7 Å². The van der Waals surface area contributed by atoms with E-state index in [4.69, 9.17) is 10.5 Å². The summed E-state index contributed by atoms with van der Waals surface area (Å²) in [5.74, 6) is 0.351. The average molecular weight is 159 g/mol.